The van der Waals surface area contributed by atoms with Gasteiger partial charge in [0.2, 0.25) is 11.7 Å². The molecule has 0 spiro atoms. The van der Waals surface area contributed by atoms with Crippen LogP contribution in [-0.2, 0) is 6.54 Å². The second-order valence-corrected chi connectivity index (χ2v) is 6.78. The van der Waals surface area contributed by atoms with E-state index in [0.717, 1.165) is 22.4 Å². The van der Waals surface area contributed by atoms with Crippen LogP contribution in [0.4, 0.5) is 0 Å². The molecule has 0 bridgehead atoms. The van der Waals surface area contributed by atoms with Crippen molar-refractivity contribution in [1.82, 2.24) is 24.3 Å². The normalized spacial score (nSPS) is 11.2. The Morgan fingerprint density at radius 3 is 2.62 bits per heavy atom. The minimum absolute atomic E-state index is 0.169. The van der Waals surface area contributed by atoms with E-state index in [9.17, 15) is 4.79 Å². The van der Waals surface area contributed by atoms with E-state index in [1.165, 1.54) is 0 Å². The molecule has 142 valence electrons. The largest absolute Gasteiger partial charge is 0.337 e. The third-order valence-corrected chi connectivity index (χ3v) is 4.83. The Kier molecular flexibility index (Phi) is 4.05. The number of hydrogen-bond acceptors (Lipinski definition) is 5. The van der Waals surface area contributed by atoms with Gasteiger partial charge in [-0.2, -0.15) is 10.1 Å². The summed E-state index contributed by atoms with van der Waals surface area (Å²) >= 11 is 0. The number of aromatic nitrogens is 5. The summed E-state index contributed by atoms with van der Waals surface area (Å²) in [5, 5.41) is 8.56. The molecule has 3 heterocycles. The second-order valence-electron chi connectivity index (χ2n) is 6.78. The summed E-state index contributed by atoms with van der Waals surface area (Å²) in [6.07, 6.45) is 3.43. The summed E-state index contributed by atoms with van der Waals surface area (Å²) in [6, 6.07) is 19.4. The van der Waals surface area contributed by atoms with Gasteiger partial charge in [0.1, 0.15) is 12.1 Å². The fraction of sp³-hybridized carbons (Fsp3) is 0.0909. The predicted octanol–water partition coefficient (Wildman–Crippen LogP) is 3.57. The maximum absolute atomic E-state index is 12.9. The van der Waals surface area contributed by atoms with Gasteiger partial charge >= 0.3 is 0 Å². The molecule has 3 aromatic heterocycles. The zero-order chi connectivity index (χ0) is 19.8. The Bertz CT molecular complexity index is 1370. The van der Waals surface area contributed by atoms with Crippen molar-refractivity contribution in [3.63, 3.8) is 0 Å². The lowest BCUT2D eigenvalue weighted by atomic mass is 10.1. The molecular weight excluding hydrogens is 366 g/mol. The summed E-state index contributed by atoms with van der Waals surface area (Å²) in [6.45, 7) is 2.19. The minimum atomic E-state index is -0.169. The van der Waals surface area contributed by atoms with Crippen molar-refractivity contribution in [2.45, 2.75) is 13.5 Å². The van der Waals surface area contributed by atoms with Crippen molar-refractivity contribution in [3.05, 3.63) is 94.9 Å². The number of hydrogen-bond donors (Lipinski definition) is 0. The van der Waals surface area contributed by atoms with Gasteiger partial charge in [0.05, 0.1) is 5.69 Å². The molecule has 0 aliphatic carbocycles. The topological polar surface area (TPSA) is 78.2 Å². The average Bonchev–Trinajstić information content (AvgIpc) is 3.39. The molecule has 0 amide bonds. The number of rotatable bonds is 4. The van der Waals surface area contributed by atoms with E-state index in [-0.39, 0.29) is 12.1 Å². The first-order chi connectivity index (χ1) is 14.2. The first-order valence-corrected chi connectivity index (χ1v) is 9.22. The molecule has 0 fully saturated rings. The molecule has 5 rings (SSSR count). The molecule has 0 aliphatic rings. The monoisotopic (exact) mass is 383 g/mol. The molecular formula is C22H17N5O2. The Morgan fingerprint density at radius 1 is 1.00 bits per heavy atom. The zero-order valence-electron chi connectivity index (χ0n) is 15.7. The molecule has 0 aliphatic heterocycles. The van der Waals surface area contributed by atoms with Crippen molar-refractivity contribution in [2.75, 3.05) is 0 Å². The average molecular weight is 383 g/mol. The Balaban J connectivity index is 1.48. The summed E-state index contributed by atoms with van der Waals surface area (Å²) in [7, 11) is 0. The third kappa shape index (κ3) is 3.12. The zero-order valence-corrected chi connectivity index (χ0v) is 15.7. The third-order valence-electron chi connectivity index (χ3n) is 4.83. The van der Waals surface area contributed by atoms with Crippen LogP contribution in [0, 0.1) is 6.92 Å². The van der Waals surface area contributed by atoms with Crippen LogP contribution in [0.25, 0.3) is 28.2 Å². The summed E-state index contributed by atoms with van der Waals surface area (Å²) in [4.78, 5) is 17.4. The summed E-state index contributed by atoms with van der Waals surface area (Å²) in [5.74, 6) is 0.889. The molecule has 7 nitrogen and oxygen atoms in total. The smallest absolute Gasteiger partial charge is 0.277 e. The molecule has 29 heavy (non-hydrogen) atoms. The van der Waals surface area contributed by atoms with Crippen LogP contribution in [0.2, 0.25) is 0 Å². The van der Waals surface area contributed by atoms with Gasteiger partial charge < -0.3 is 9.09 Å². The minimum Gasteiger partial charge on any atom is -0.337 e. The molecule has 2 aromatic carbocycles. The van der Waals surface area contributed by atoms with Crippen molar-refractivity contribution >= 4 is 5.52 Å². The number of nitrogens with zero attached hydrogens (tertiary/aromatic N) is 5. The molecule has 7 heteroatoms. The van der Waals surface area contributed by atoms with Crippen LogP contribution < -0.4 is 5.56 Å². The molecule has 0 saturated heterocycles. The predicted molar refractivity (Wildman–Crippen MR) is 108 cm³/mol. The van der Waals surface area contributed by atoms with Gasteiger partial charge in [-0.15, -0.1) is 0 Å². The van der Waals surface area contributed by atoms with Gasteiger partial charge in [0.15, 0.2) is 0 Å². The SMILES string of the molecule is Cc1ccccc1-c1noc(Cn2ccn3nc(-c4ccccc4)cc3c2=O)n1. The maximum atomic E-state index is 12.9. The van der Waals surface area contributed by atoms with Gasteiger partial charge in [-0.25, -0.2) is 4.52 Å². The first-order valence-electron chi connectivity index (χ1n) is 9.22. The van der Waals surface area contributed by atoms with Crippen molar-refractivity contribution in [1.29, 1.82) is 0 Å². The van der Waals surface area contributed by atoms with Crippen LogP contribution in [0.15, 0.2) is 82.4 Å². The highest BCUT2D eigenvalue weighted by atomic mass is 16.5. The van der Waals surface area contributed by atoms with E-state index in [4.69, 9.17) is 4.52 Å². The highest BCUT2D eigenvalue weighted by Crippen LogP contribution is 2.20. The van der Waals surface area contributed by atoms with E-state index in [2.05, 4.69) is 15.2 Å². The van der Waals surface area contributed by atoms with Crippen molar-refractivity contribution in [3.8, 4) is 22.6 Å². The number of benzene rings is 2. The lowest BCUT2D eigenvalue weighted by Crippen LogP contribution is -2.21. The highest BCUT2D eigenvalue weighted by Gasteiger charge is 2.13. The van der Waals surface area contributed by atoms with E-state index < -0.39 is 0 Å². The fourth-order valence-electron chi connectivity index (χ4n) is 3.30. The van der Waals surface area contributed by atoms with Crippen molar-refractivity contribution < 1.29 is 4.52 Å². The Morgan fingerprint density at radius 2 is 1.79 bits per heavy atom. The molecule has 0 N–H and O–H groups in total. The highest BCUT2D eigenvalue weighted by molar-refractivity contribution is 5.65. The Hall–Kier alpha value is -4.00. The molecule has 0 radical (unpaired) electrons. The van der Waals surface area contributed by atoms with E-state index in [1.807, 2.05) is 61.5 Å². The van der Waals surface area contributed by atoms with Gasteiger partial charge in [0.25, 0.3) is 5.56 Å². The summed E-state index contributed by atoms with van der Waals surface area (Å²) < 4.78 is 8.51. The number of aryl methyl sites for hydroxylation is 1. The van der Waals surface area contributed by atoms with Gasteiger partial charge in [-0.05, 0) is 18.6 Å². The van der Waals surface area contributed by atoms with Crippen LogP contribution in [0.5, 0.6) is 0 Å². The Labute approximate surface area is 165 Å². The number of fused-ring (bicyclic) bond motifs is 1. The lowest BCUT2D eigenvalue weighted by molar-refractivity contribution is 0.370. The molecule has 0 unspecified atom stereocenters. The fourth-order valence-corrected chi connectivity index (χ4v) is 3.30. The van der Waals surface area contributed by atoms with Gasteiger partial charge in [-0.1, -0.05) is 59.8 Å². The van der Waals surface area contributed by atoms with Crippen LogP contribution >= 0.6 is 0 Å². The summed E-state index contributed by atoms with van der Waals surface area (Å²) in [5.41, 5.74) is 4.00. The maximum Gasteiger partial charge on any atom is 0.277 e. The van der Waals surface area contributed by atoms with Crippen LogP contribution in [0.3, 0.4) is 0 Å². The second kappa shape index (κ2) is 6.87. The van der Waals surface area contributed by atoms with E-state index in [1.54, 1.807) is 27.5 Å². The van der Waals surface area contributed by atoms with Gasteiger partial charge in [0, 0.05) is 23.5 Å². The van der Waals surface area contributed by atoms with Crippen molar-refractivity contribution in [2.24, 2.45) is 0 Å². The molecule has 5 aromatic rings. The quantitative estimate of drug-likeness (QED) is 0.474. The molecule has 0 atom stereocenters. The van der Waals surface area contributed by atoms with E-state index >= 15 is 0 Å². The first kappa shape index (κ1) is 17.1. The van der Waals surface area contributed by atoms with Crippen LogP contribution in [0.1, 0.15) is 11.5 Å². The lowest BCUT2D eigenvalue weighted by Gasteiger charge is -2.02. The molecule has 0 saturated carbocycles. The van der Waals surface area contributed by atoms with E-state index in [0.29, 0.717) is 17.2 Å². The van der Waals surface area contributed by atoms with Gasteiger partial charge in [-0.3, -0.25) is 4.79 Å². The van der Waals surface area contributed by atoms with Crippen LogP contribution in [-0.4, -0.2) is 24.3 Å². The standard InChI is InChI=1S/C22H17N5O2/c1-15-7-5-6-10-17(15)21-23-20(29-25-21)14-26-11-12-27-19(22(26)28)13-18(24-27)16-8-3-2-4-9-16/h2-13H,14H2,1H3.